The number of piperidine rings is 1. The molecule has 232 valence electrons. The fourth-order valence-electron chi connectivity index (χ4n) is 8.15. The van der Waals surface area contributed by atoms with Crippen LogP contribution in [-0.2, 0) is 28.0 Å². The summed E-state index contributed by atoms with van der Waals surface area (Å²) in [6.45, 7) is 2.98. The van der Waals surface area contributed by atoms with Crippen LogP contribution in [0.3, 0.4) is 0 Å². The third kappa shape index (κ3) is 5.96. The van der Waals surface area contributed by atoms with E-state index in [1.807, 2.05) is 12.1 Å². The molecule has 4 atom stereocenters. The SMILES string of the molecule is CCCCCCCC/C=C/CCCCCCCC(=O)OC1=CC[C@@]2(O)[C@H]3Cc4ccc(CO)c5c4C2(CCN3C)C1O5. The van der Waals surface area contributed by atoms with Crippen molar-refractivity contribution in [3.63, 3.8) is 0 Å². The predicted octanol–water partition coefficient (Wildman–Crippen LogP) is 7.04. The lowest BCUT2D eigenvalue weighted by Crippen LogP contribution is -2.74. The summed E-state index contributed by atoms with van der Waals surface area (Å²) in [6.07, 6.45) is 24.2. The van der Waals surface area contributed by atoms with Gasteiger partial charge in [0.2, 0.25) is 0 Å². The molecule has 5 rings (SSSR count). The summed E-state index contributed by atoms with van der Waals surface area (Å²) < 4.78 is 12.6. The van der Waals surface area contributed by atoms with Gasteiger partial charge in [0.05, 0.1) is 17.6 Å². The van der Waals surface area contributed by atoms with Crippen molar-refractivity contribution >= 4 is 5.97 Å². The number of hydrogen-bond acceptors (Lipinski definition) is 6. The number of ether oxygens (including phenoxy) is 2. The average molecular weight is 580 g/mol. The van der Waals surface area contributed by atoms with Crippen LogP contribution in [0.2, 0.25) is 0 Å². The normalized spacial score (nSPS) is 27.6. The Bertz CT molecular complexity index is 1140. The van der Waals surface area contributed by atoms with E-state index < -0.39 is 17.1 Å². The average Bonchev–Trinajstić information content (AvgIpc) is 3.34. The lowest BCUT2D eigenvalue weighted by atomic mass is 9.50. The van der Waals surface area contributed by atoms with Crippen LogP contribution in [-0.4, -0.2) is 52.4 Å². The van der Waals surface area contributed by atoms with E-state index in [1.165, 1.54) is 63.4 Å². The monoisotopic (exact) mass is 579 g/mol. The Morgan fingerprint density at radius 1 is 1.05 bits per heavy atom. The lowest BCUT2D eigenvalue weighted by molar-refractivity contribution is -0.169. The van der Waals surface area contributed by atoms with E-state index in [4.69, 9.17) is 9.47 Å². The highest BCUT2D eigenvalue weighted by Gasteiger charge is 2.71. The molecular formula is C36H53NO5. The van der Waals surface area contributed by atoms with E-state index in [-0.39, 0.29) is 18.6 Å². The molecule has 2 N–H and O–H groups in total. The number of carbonyl (C=O) groups excluding carboxylic acids is 1. The molecule has 1 aromatic rings. The van der Waals surface area contributed by atoms with E-state index in [0.29, 0.717) is 24.4 Å². The van der Waals surface area contributed by atoms with Crippen molar-refractivity contribution in [2.45, 2.75) is 146 Å². The third-order valence-electron chi connectivity index (χ3n) is 10.5. The Labute approximate surface area is 253 Å². The quantitative estimate of drug-likeness (QED) is 0.117. The highest BCUT2D eigenvalue weighted by Crippen LogP contribution is 2.64. The molecule has 1 saturated heterocycles. The number of benzene rings is 1. The molecule has 0 amide bonds. The van der Waals surface area contributed by atoms with Gasteiger partial charge in [-0.2, -0.15) is 0 Å². The molecule has 2 bridgehead atoms. The molecule has 1 spiro atoms. The smallest absolute Gasteiger partial charge is 0.310 e. The summed E-state index contributed by atoms with van der Waals surface area (Å²) in [6, 6.07) is 3.99. The Hall–Kier alpha value is -2.15. The fraction of sp³-hybridized carbons (Fsp3) is 0.694. The van der Waals surface area contributed by atoms with Gasteiger partial charge >= 0.3 is 5.97 Å². The van der Waals surface area contributed by atoms with Crippen molar-refractivity contribution in [1.82, 2.24) is 4.90 Å². The van der Waals surface area contributed by atoms with Crippen LogP contribution >= 0.6 is 0 Å². The summed E-state index contributed by atoms with van der Waals surface area (Å²) in [4.78, 5) is 15.2. The van der Waals surface area contributed by atoms with Gasteiger partial charge in [-0.05, 0) is 70.2 Å². The second-order valence-electron chi connectivity index (χ2n) is 13.2. The first-order valence-electron chi connectivity index (χ1n) is 16.9. The molecule has 0 saturated carbocycles. The first-order chi connectivity index (χ1) is 20.5. The van der Waals surface area contributed by atoms with Crippen LogP contribution in [0, 0.1) is 0 Å². The Kier molecular flexibility index (Phi) is 10.5. The maximum Gasteiger partial charge on any atom is 0.310 e. The number of hydrogen-bond donors (Lipinski definition) is 2. The van der Waals surface area contributed by atoms with E-state index in [0.717, 1.165) is 56.2 Å². The van der Waals surface area contributed by atoms with Crippen LogP contribution < -0.4 is 4.74 Å². The minimum atomic E-state index is -1.00. The summed E-state index contributed by atoms with van der Waals surface area (Å²) >= 11 is 0. The number of unbranched alkanes of at least 4 members (excludes halogenated alkanes) is 11. The van der Waals surface area contributed by atoms with Crippen molar-refractivity contribution in [1.29, 1.82) is 0 Å². The molecule has 0 aromatic heterocycles. The van der Waals surface area contributed by atoms with Crippen molar-refractivity contribution in [2.75, 3.05) is 13.6 Å². The maximum atomic E-state index is 13.0. The standard InChI is InChI=1S/C36H53NO5/c1-3-4-5-6-7-8-9-10-11-12-13-14-15-16-17-18-31(39)41-29-21-22-36(40)30-25-27-19-20-28(26-38)33-32(27)35(36,34(29)42-33)23-24-37(30)2/h10-11,19-21,30,34,38,40H,3-9,12-18,22-26H2,1-2H3/b11-10+/t30-,34?,35?,36-/m1/s1. The van der Waals surface area contributed by atoms with Crippen LogP contribution in [0.15, 0.2) is 36.1 Å². The topological polar surface area (TPSA) is 79.2 Å². The van der Waals surface area contributed by atoms with Crippen LogP contribution in [0.4, 0.5) is 0 Å². The van der Waals surface area contributed by atoms with Crippen LogP contribution in [0.5, 0.6) is 5.75 Å². The molecule has 6 heteroatoms. The van der Waals surface area contributed by atoms with Gasteiger partial charge in [0.1, 0.15) is 11.5 Å². The number of allylic oxidation sites excluding steroid dienone is 2. The van der Waals surface area contributed by atoms with E-state index in [1.54, 1.807) is 0 Å². The van der Waals surface area contributed by atoms with Gasteiger partial charge in [-0.25, -0.2) is 0 Å². The number of esters is 1. The Morgan fingerprint density at radius 2 is 1.74 bits per heavy atom. The largest absolute Gasteiger partial charge is 0.481 e. The molecule has 1 fully saturated rings. The number of carbonyl (C=O) groups is 1. The van der Waals surface area contributed by atoms with Crippen LogP contribution in [0.25, 0.3) is 0 Å². The summed E-state index contributed by atoms with van der Waals surface area (Å²) in [5.74, 6) is 0.999. The van der Waals surface area contributed by atoms with Crippen molar-refractivity contribution < 1.29 is 24.5 Å². The first-order valence-corrected chi connectivity index (χ1v) is 16.9. The molecule has 4 aliphatic rings. The number of aliphatic hydroxyl groups excluding tert-OH is 1. The number of likely N-dealkylation sites (N-methyl/N-ethyl adjacent to an activating group) is 1. The minimum Gasteiger partial charge on any atom is -0.481 e. The molecule has 42 heavy (non-hydrogen) atoms. The molecule has 2 heterocycles. The fourth-order valence-corrected chi connectivity index (χ4v) is 8.15. The van der Waals surface area contributed by atoms with Gasteiger partial charge in [0, 0.05) is 30.0 Å². The van der Waals surface area contributed by atoms with Crippen molar-refractivity contribution in [3.8, 4) is 5.75 Å². The number of aliphatic hydroxyl groups is 2. The minimum absolute atomic E-state index is 0.0277. The van der Waals surface area contributed by atoms with Crippen LogP contribution in [0.1, 0.15) is 126 Å². The highest BCUT2D eigenvalue weighted by atomic mass is 16.6. The zero-order valence-corrected chi connectivity index (χ0v) is 26.0. The second kappa shape index (κ2) is 14.1. The summed E-state index contributed by atoms with van der Waals surface area (Å²) in [5.41, 5.74) is 1.27. The van der Waals surface area contributed by atoms with Gasteiger partial charge in [-0.3, -0.25) is 4.79 Å². The number of likely N-dealkylation sites (tertiary alicyclic amines) is 1. The zero-order valence-electron chi connectivity index (χ0n) is 26.0. The Balaban J connectivity index is 1.07. The first kappa shape index (κ1) is 31.3. The van der Waals surface area contributed by atoms with Crippen molar-refractivity contribution in [3.05, 3.63) is 52.8 Å². The van der Waals surface area contributed by atoms with Gasteiger partial charge in [-0.15, -0.1) is 0 Å². The molecule has 6 nitrogen and oxygen atoms in total. The second-order valence-corrected chi connectivity index (χ2v) is 13.2. The highest BCUT2D eigenvalue weighted by molar-refractivity contribution is 5.71. The van der Waals surface area contributed by atoms with E-state index >= 15 is 0 Å². The molecular weight excluding hydrogens is 526 g/mol. The van der Waals surface area contributed by atoms with Crippen molar-refractivity contribution in [2.24, 2.45) is 0 Å². The number of rotatable bonds is 17. The van der Waals surface area contributed by atoms with E-state index in [9.17, 15) is 15.0 Å². The van der Waals surface area contributed by atoms with Gasteiger partial charge in [0.15, 0.2) is 6.10 Å². The predicted molar refractivity (Wildman–Crippen MR) is 166 cm³/mol. The third-order valence-corrected chi connectivity index (χ3v) is 10.5. The summed E-state index contributed by atoms with van der Waals surface area (Å²) in [7, 11) is 2.08. The molecule has 2 aliphatic heterocycles. The zero-order chi connectivity index (χ0) is 29.6. The number of nitrogens with zero attached hydrogens (tertiary/aromatic N) is 1. The molecule has 2 aliphatic carbocycles. The Morgan fingerprint density at radius 3 is 2.45 bits per heavy atom. The van der Waals surface area contributed by atoms with E-state index in [2.05, 4.69) is 37.1 Å². The van der Waals surface area contributed by atoms with Gasteiger partial charge in [-0.1, -0.05) is 82.6 Å². The molecule has 0 radical (unpaired) electrons. The maximum absolute atomic E-state index is 13.0. The lowest BCUT2D eigenvalue weighted by Gasteiger charge is -2.61. The van der Waals surface area contributed by atoms with Gasteiger partial charge in [0.25, 0.3) is 0 Å². The molecule has 1 aromatic carbocycles. The van der Waals surface area contributed by atoms with Gasteiger partial charge < -0.3 is 24.6 Å². The summed E-state index contributed by atoms with van der Waals surface area (Å²) in [5, 5.41) is 22.3. The molecule has 2 unspecified atom stereocenters.